The van der Waals surface area contributed by atoms with Crippen LogP contribution >= 0.6 is 15.9 Å². The minimum absolute atomic E-state index is 0.203. The number of aliphatic hydroxyl groups excluding tert-OH is 1. The molecule has 0 heterocycles. The average molecular weight is 241 g/mol. The van der Waals surface area contributed by atoms with Crippen molar-refractivity contribution >= 4 is 15.9 Å². The summed E-state index contributed by atoms with van der Waals surface area (Å²) < 4.78 is 37.8. The topological polar surface area (TPSA) is 20.2 Å². The van der Waals surface area contributed by atoms with Gasteiger partial charge in [0.15, 0.2) is 11.6 Å². The number of halogens is 4. The van der Waals surface area contributed by atoms with Crippen molar-refractivity contribution in [3.8, 4) is 0 Å². The van der Waals surface area contributed by atoms with E-state index >= 15 is 0 Å². The molecule has 1 aromatic rings. The van der Waals surface area contributed by atoms with E-state index in [-0.39, 0.29) is 4.47 Å². The van der Waals surface area contributed by atoms with Crippen molar-refractivity contribution in [2.75, 3.05) is 0 Å². The summed E-state index contributed by atoms with van der Waals surface area (Å²) in [5.41, 5.74) is -0.665. The fourth-order valence-corrected chi connectivity index (χ4v) is 1.20. The molecule has 0 unspecified atom stereocenters. The molecular formula is C7H4BrF3O. The number of hydrogen-bond acceptors (Lipinski definition) is 1. The van der Waals surface area contributed by atoms with Crippen molar-refractivity contribution in [2.45, 2.75) is 6.61 Å². The Kier molecular flexibility index (Phi) is 2.74. The van der Waals surface area contributed by atoms with Crippen LogP contribution in [0.15, 0.2) is 10.5 Å². The van der Waals surface area contributed by atoms with Gasteiger partial charge in [0.05, 0.1) is 16.6 Å². The third-order valence-corrected chi connectivity index (χ3v) is 1.94. The standard InChI is InChI=1S/C7H4BrF3O/c8-4-1-5(9)7(11)3(2-12)6(4)10/h1,12H,2H2. The Balaban J connectivity index is 3.42. The fourth-order valence-electron chi connectivity index (χ4n) is 0.761. The van der Waals surface area contributed by atoms with Crippen molar-refractivity contribution in [2.24, 2.45) is 0 Å². The summed E-state index contributed by atoms with van der Waals surface area (Å²) >= 11 is 2.68. The number of rotatable bonds is 1. The molecule has 66 valence electrons. The molecule has 1 aromatic carbocycles. The lowest BCUT2D eigenvalue weighted by Gasteiger charge is -2.03. The lowest BCUT2D eigenvalue weighted by molar-refractivity contribution is 0.265. The Morgan fingerprint density at radius 3 is 2.33 bits per heavy atom. The molecule has 0 atom stereocenters. The van der Waals surface area contributed by atoms with Crippen LogP contribution in [0.3, 0.4) is 0 Å². The van der Waals surface area contributed by atoms with Crippen LogP contribution in [0.2, 0.25) is 0 Å². The lowest BCUT2D eigenvalue weighted by Crippen LogP contribution is -1.99. The second-order valence-corrected chi connectivity index (χ2v) is 2.96. The van der Waals surface area contributed by atoms with E-state index in [0.29, 0.717) is 6.07 Å². The van der Waals surface area contributed by atoms with Gasteiger partial charge in [-0.25, -0.2) is 13.2 Å². The molecule has 0 aliphatic rings. The maximum Gasteiger partial charge on any atom is 0.167 e. The smallest absolute Gasteiger partial charge is 0.167 e. The zero-order chi connectivity index (χ0) is 9.30. The van der Waals surface area contributed by atoms with Gasteiger partial charge in [-0.1, -0.05) is 0 Å². The molecule has 0 radical (unpaired) electrons. The van der Waals surface area contributed by atoms with E-state index in [0.717, 1.165) is 0 Å². The van der Waals surface area contributed by atoms with Crippen molar-refractivity contribution in [1.29, 1.82) is 0 Å². The van der Waals surface area contributed by atoms with Crippen LogP contribution in [-0.4, -0.2) is 5.11 Å². The number of hydrogen-bond donors (Lipinski definition) is 1. The van der Waals surface area contributed by atoms with Crippen LogP contribution in [0.4, 0.5) is 13.2 Å². The first-order valence-electron chi connectivity index (χ1n) is 3.00. The molecule has 0 aromatic heterocycles. The largest absolute Gasteiger partial charge is 0.391 e. The van der Waals surface area contributed by atoms with Gasteiger partial charge in [0, 0.05) is 0 Å². The molecule has 0 fully saturated rings. The first-order chi connectivity index (χ1) is 5.57. The summed E-state index contributed by atoms with van der Waals surface area (Å²) in [7, 11) is 0. The van der Waals surface area contributed by atoms with E-state index in [1.54, 1.807) is 0 Å². The van der Waals surface area contributed by atoms with Gasteiger partial charge in [0.2, 0.25) is 0 Å². The molecule has 5 heteroatoms. The van der Waals surface area contributed by atoms with Crippen LogP contribution in [0.5, 0.6) is 0 Å². The summed E-state index contributed by atoms with van der Waals surface area (Å²) in [5, 5.41) is 8.48. The average Bonchev–Trinajstić information content (AvgIpc) is 2.02. The highest BCUT2D eigenvalue weighted by Gasteiger charge is 2.16. The van der Waals surface area contributed by atoms with Crippen molar-refractivity contribution in [3.05, 3.63) is 33.6 Å². The Morgan fingerprint density at radius 2 is 1.83 bits per heavy atom. The summed E-state index contributed by atoms with van der Waals surface area (Å²) in [4.78, 5) is 0. The second kappa shape index (κ2) is 3.45. The predicted molar refractivity (Wildman–Crippen MR) is 39.9 cm³/mol. The highest BCUT2D eigenvalue weighted by atomic mass is 79.9. The molecule has 1 nitrogen and oxygen atoms in total. The van der Waals surface area contributed by atoms with Gasteiger partial charge in [0.25, 0.3) is 0 Å². The first kappa shape index (κ1) is 9.54. The molecular weight excluding hydrogens is 237 g/mol. The highest BCUT2D eigenvalue weighted by molar-refractivity contribution is 9.10. The zero-order valence-corrected chi connectivity index (χ0v) is 7.33. The molecule has 1 N–H and O–H groups in total. The second-order valence-electron chi connectivity index (χ2n) is 2.10. The Bertz CT molecular complexity index is 288. The van der Waals surface area contributed by atoms with Crippen LogP contribution in [0.25, 0.3) is 0 Å². The summed E-state index contributed by atoms with van der Waals surface area (Å²) in [6, 6.07) is 0.670. The van der Waals surface area contributed by atoms with E-state index in [2.05, 4.69) is 15.9 Å². The Labute approximate surface area is 75.0 Å². The van der Waals surface area contributed by atoms with Gasteiger partial charge in [-0.3, -0.25) is 0 Å². The molecule has 12 heavy (non-hydrogen) atoms. The van der Waals surface area contributed by atoms with Gasteiger partial charge >= 0.3 is 0 Å². The molecule has 0 bridgehead atoms. The molecule has 0 spiro atoms. The van der Waals surface area contributed by atoms with Crippen molar-refractivity contribution in [3.63, 3.8) is 0 Å². The van der Waals surface area contributed by atoms with Crippen LogP contribution in [-0.2, 0) is 6.61 Å². The molecule has 0 aliphatic carbocycles. The SMILES string of the molecule is OCc1c(F)c(F)cc(Br)c1F. The minimum Gasteiger partial charge on any atom is -0.391 e. The van der Waals surface area contributed by atoms with E-state index in [9.17, 15) is 13.2 Å². The molecule has 0 aliphatic heterocycles. The monoisotopic (exact) mass is 240 g/mol. The van der Waals surface area contributed by atoms with E-state index in [1.165, 1.54) is 0 Å². The zero-order valence-electron chi connectivity index (χ0n) is 5.74. The Morgan fingerprint density at radius 1 is 1.25 bits per heavy atom. The van der Waals surface area contributed by atoms with Crippen LogP contribution in [0.1, 0.15) is 5.56 Å². The highest BCUT2D eigenvalue weighted by Crippen LogP contribution is 2.23. The van der Waals surface area contributed by atoms with Crippen molar-refractivity contribution in [1.82, 2.24) is 0 Å². The maximum absolute atomic E-state index is 12.8. The predicted octanol–water partition coefficient (Wildman–Crippen LogP) is 2.36. The summed E-state index contributed by atoms with van der Waals surface area (Å²) in [5.74, 6) is -3.51. The maximum atomic E-state index is 12.8. The van der Waals surface area contributed by atoms with Crippen LogP contribution in [0, 0.1) is 17.5 Å². The normalized spacial score (nSPS) is 10.4. The lowest BCUT2D eigenvalue weighted by atomic mass is 10.2. The van der Waals surface area contributed by atoms with Gasteiger partial charge < -0.3 is 5.11 Å². The van der Waals surface area contributed by atoms with Gasteiger partial charge in [0.1, 0.15) is 5.82 Å². The fraction of sp³-hybridized carbons (Fsp3) is 0.143. The summed E-state index contributed by atoms with van der Waals surface area (Å²) in [6.45, 7) is -0.867. The van der Waals surface area contributed by atoms with Crippen molar-refractivity contribution < 1.29 is 18.3 Å². The molecule has 0 amide bonds. The Hall–Kier alpha value is -0.550. The van der Waals surface area contributed by atoms with Crippen LogP contribution < -0.4 is 0 Å². The quantitative estimate of drug-likeness (QED) is 0.748. The van der Waals surface area contributed by atoms with Gasteiger partial charge in [-0.15, -0.1) is 0 Å². The van der Waals surface area contributed by atoms with Gasteiger partial charge in [-0.2, -0.15) is 0 Å². The number of aliphatic hydroxyl groups is 1. The third-order valence-electron chi connectivity index (χ3n) is 1.36. The first-order valence-corrected chi connectivity index (χ1v) is 3.80. The van der Waals surface area contributed by atoms with E-state index < -0.39 is 29.6 Å². The third kappa shape index (κ3) is 1.47. The van der Waals surface area contributed by atoms with E-state index in [4.69, 9.17) is 5.11 Å². The summed E-state index contributed by atoms with van der Waals surface area (Å²) in [6.07, 6.45) is 0. The van der Waals surface area contributed by atoms with Gasteiger partial charge in [-0.05, 0) is 22.0 Å². The number of benzene rings is 1. The molecule has 0 saturated carbocycles. The molecule has 0 saturated heterocycles. The molecule has 1 rings (SSSR count). The minimum atomic E-state index is -1.35. The van der Waals surface area contributed by atoms with E-state index in [1.807, 2.05) is 0 Å².